The van der Waals surface area contributed by atoms with Crippen molar-refractivity contribution in [2.24, 2.45) is 0 Å². The quantitative estimate of drug-likeness (QED) is 0.315. The van der Waals surface area contributed by atoms with Gasteiger partial charge in [-0.15, -0.1) is 11.6 Å². The summed E-state index contributed by atoms with van der Waals surface area (Å²) in [7, 11) is 0. The molecule has 0 spiro atoms. The second-order valence-electron chi connectivity index (χ2n) is 4.05. The van der Waals surface area contributed by atoms with Crippen LogP contribution in [0.1, 0.15) is 52.9 Å². The molecule has 0 heterocycles. The largest absolute Gasteiger partial charge is 0.118 e. The Morgan fingerprint density at radius 1 is 1.43 bits per heavy atom. The number of allylic oxidation sites excluding steroid dienone is 3. The first kappa shape index (κ1) is 13.8. The lowest BCUT2D eigenvalue weighted by atomic mass is 10.1. The Morgan fingerprint density at radius 3 is 2.57 bits per heavy atom. The molecule has 1 atom stereocenters. The Labute approximate surface area is 94.0 Å². The fraction of sp³-hybridized carbons (Fsp3) is 0.692. The minimum Gasteiger partial charge on any atom is -0.118 e. The van der Waals surface area contributed by atoms with Crippen molar-refractivity contribution in [2.45, 2.75) is 58.3 Å². The van der Waals surface area contributed by atoms with E-state index in [1.165, 1.54) is 24.8 Å². The van der Waals surface area contributed by atoms with E-state index in [1.807, 2.05) is 6.92 Å². The molecular weight excluding hydrogens is 192 g/mol. The summed E-state index contributed by atoms with van der Waals surface area (Å²) in [5.74, 6) is 0. The lowest BCUT2D eigenvalue weighted by Gasteiger charge is -2.08. The van der Waals surface area contributed by atoms with Crippen molar-refractivity contribution in [1.29, 1.82) is 0 Å². The van der Waals surface area contributed by atoms with Crippen molar-refractivity contribution in [1.82, 2.24) is 0 Å². The van der Waals surface area contributed by atoms with Gasteiger partial charge in [0.25, 0.3) is 0 Å². The third kappa shape index (κ3) is 7.20. The smallest absolute Gasteiger partial charge is 0.0543 e. The van der Waals surface area contributed by atoms with Crippen LogP contribution in [0.5, 0.6) is 0 Å². The molecule has 0 aliphatic heterocycles. The molecule has 0 saturated heterocycles. The van der Waals surface area contributed by atoms with Crippen molar-refractivity contribution in [3.05, 3.63) is 23.8 Å². The molecule has 0 nitrogen and oxygen atoms in total. The predicted octanol–water partition coefficient (Wildman–Crippen LogP) is 5.09. The van der Waals surface area contributed by atoms with E-state index in [0.717, 1.165) is 18.4 Å². The van der Waals surface area contributed by atoms with Gasteiger partial charge in [-0.3, -0.25) is 0 Å². The van der Waals surface area contributed by atoms with Gasteiger partial charge < -0.3 is 0 Å². The summed E-state index contributed by atoms with van der Waals surface area (Å²) >= 11 is 6.09. The second kappa shape index (κ2) is 8.11. The van der Waals surface area contributed by atoms with Gasteiger partial charge in [0, 0.05) is 0 Å². The van der Waals surface area contributed by atoms with Crippen molar-refractivity contribution >= 4 is 11.6 Å². The fourth-order valence-corrected chi connectivity index (χ4v) is 1.36. The standard InChI is InChI=1S/C13H23Cl/c1-5-6-7-8-12(4)9-10-13(14)11(2)3/h8,13H,2,5-7,9-10H2,1,3-4H3. The number of hydrogen-bond acceptors (Lipinski definition) is 0. The highest BCUT2D eigenvalue weighted by atomic mass is 35.5. The summed E-state index contributed by atoms with van der Waals surface area (Å²) < 4.78 is 0. The molecule has 1 heteroatoms. The van der Waals surface area contributed by atoms with E-state index < -0.39 is 0 Å². The fourth-order valence-electron chi connectivity index (χ4n) is 1.26. The van der Waals surface area contributed by atoms with Gasteiger partial charge in [0.1, 0.15) is 0 Å². The lowest BCUT2D eigenvalue weighted by molar-refractivity contribution is 0.782. The molecule has 0 aromatic carbocycles. The first-order valence-corrected chi connectivity index (χ1v) is 5.96. The average Bonchev–Trinajstić information content (AvgIpc) is 2.14. The SMILES string of the molecule is C=C(C)C(Cl)CCC(C)=CCCCC. The molecule has 0 fully saturated rings. The van der Waals surface area contributed by atoms with Crippen LogP contribution in [0.25, 0.3) is 0 Å². The molecule has 0 N–H and O–H groups in total. The van der Waals surface area contributed by atoms with Gasteiger partial charge in [-0.05, 0) is 33.1 Å². The number of unbranched alkanes of at least 4 members (excludes halogenated alkanes) is 2. The third-order valence-electron chi connectivity index (χ3n) is 2.38. The molecular formula is C13H23Cl. The third-order valence-corrected chi connectivity index (χ3v) is 2.97. The molecule has 0 bridgehead atoms. The normalized spacial score (nSPS) is 14.1. The van der Waals surface area contributed by atoms with Gasteiger partial charge in [-0.2, -0.15) is 0 Å². The first-order valence-electron chi connectivity index (χ1n) is 5.53. The molecule has 1 unspecified atom stereocenters. The van der Waals surface area contributed by atoms with Gasteiger partial charge in [0.15, 0.2) is 0 Å². The highest BCUT2D eigenvalue weighted by Gasteiger charge is 2.04. The lowest BCUT2D eigenvalue weighted by Crippen LogP contribution is -1.98. The summed E-state index contributed by atoms with van der Waals surface area (Å²) in [5.41, 5.74) is 2.54. The molecule has 14 heavy (non-hydrogen) atoms. The van der Waals surface area contributed by atoms with E-state index in [4.69, 9.17) is 11.6 Å². The molecule has 0 saturated carbocycles. The van der Waals surface area contributed by atoms with Crippen LogP contribution in [0.3, 0.4) is 0 Å². The van der Waals surface area contributed by atoms with Gasteiger partial charge in [0.05, 0.1) is 5.38 Å². The summed E-state index contributed by atoms with van der Waals surface area (Å²) in [5, 5.41) is 0.143. The zero-order chi connectivity index (χ0) is 11.0. The summed E-state index contributed by atoms with van der Waals surface area (Å²) in [6.07, 6.45) is 8.24. The molecule has 0 aliphatic rings. The Bertz CT molecular complexity index is 191. The van der Waals surface area contributed by atoms with E-state index in [2.05, 4.69) is 26.5 Å². The molecule has 0 rings (SSSR count). The van der Waals surface area contributed by atoms with Crippen LogP contribution in [-0.4, -0.2) is 5.38 Å². The number of alkyl halides is 1. The molecule has 0 amide bonds. The minimum absolute atomic E-state index is 0.143. The van der Waals surface area contributed by atoms with Gasteiger partial charge in [-0.25, -0.2) is 0 Å². The summed E-state index contributed by atoms with van der Waals surface area (Å²) in [6, 6.07) is 0. The highest BCUT2D eigenvalue weighted by Crippen LogP contribution is 2.17. The Balaban J connectivity index is 3.66. The molecule has 0 aliphatic carbocycles. The van der Waals surface area contributed by atoms with E-state index in [9.17, 15) is 0 Å². The van der Waals surface area contributed by atoms with Crippen LogP contribution >= 0.6 is 11.6 Å². The van der Waals surface area contributed by atoms with Gasteiger partial charge in [0.2, 0.25) is 0 Å². The van der Waals surface area contributed by atoms with Gasteiger partial charge >= 0.3 is 0 Å². The number of hydrogen-bond donors (Lipinski definition) is 0. The summed E-state index contributed by atoms with van der Waals surface area (Å²) in [4.78, 5) is 0. The van der Waals surface area contributed by atoms with Crippen molar-refractivity contribution < 1.29 is 0 Å². The molecule has 82 valence electrons. The first-order chi connectivity index (χ1) is 6.57. The molecule has 0 radical (unpaired) electrons. The van der Waals surface area contributed by atoms with Crippen molar-refractivity contribution in [2.75, 3.05) is 0 Å². The van der Waals surface area contributed by atoms with Crippen molar-refractivity contribution in [3.63, 3.8) is 0 Å². The number of halogens is 1. The van der Waals surface area contributed by atoms with Crippen LogP contribution in [0, 0.1) is 0 Å². The maximum Gasteiger partial charge on any atom is 0.0543 e. The molecule has 0 aromatic heterocycles. The van der Waals surface area contributed by atoms with Crippen LogP contribution in [0.4, 0.5) is 0 Å². The van der Waals surface area contributed by atoms with Crippen molar-refractivity contribution in [3.8, 4) is 0 Å². The Kier molecular flexibility index (Phi) is 7.98. The number of rotatable bonds is 7. The van der Waals surface area contributed by atoms with Crippen LogP contribution < -0.4 is 0 Å². The van der Waals surface area contributed by atoms with Crippen LogP contribution in [0.15, 0.2) is 23.8 Å². The van der Waals surface area contributed by atoms with Gasteiger partial charge in [-0.1, -0.05) is 43.6 Å². The minimum atomic E-state index is 0.143. The monoisotopic (exact) mass is 214 g/mol. The zero-order valence-electron chi connectivity index (χ0n) is 9.78. The predicted molar refractivity (Wildman–Crippen MR) is 67.0 cm³/mol. The summed E-state index contributed by atoms with van der Waals surface area (Å²) in [6.45, 7) is 10.3. The molecule has 0 aromatic rings. The van der Waals surface area contributed by atoms with Crippen LogP contribution in [0.2, 0.25) is 0 Å². The second-order valence-corrected chi connectivity index (χ2v) is 4.57. The highest BCUT2D eigenvalue weighted by molar-refractivity contribution is 6.22. The Morgan fingerprint density at radius 2 is 2.07 bits per heavy atom. The Hall–Kier alpha value is -0.230. The topological polar surface area (TPSA) is 0 Å². The maximum atomic E-state index is 6.09. The maximum absolute atomic E-state index is 6.09. The van der Waals surface area contributed by atoms with Crippen LogP contribution in [-0.2, 0) is 0 Å². The van der Waals surface area contributed by atoms with E-state index in [-0.39, 0.29) is 5.38 Å². The van der Waals surface area contributed by atoms with E-state index in [0.29, 0.717) is 0 Å². The van der Waals surface area contributed by atoms with E-state index in [1.54, 1.807) is 0 Å². The van der Waals surface area contributed by atoms with E-state index >= 15 is 0 Å². The zero-order valence-corrected chi connectivity index (χ0v) is 10.5. The average molecular weight is 215 g/mol.